The standard InChI is InChI=1S/C12H17N3O4/c1-3-4-9(2)13-11(16)8-14-7-10(15(18)19)5-6-12(14)17/h5-7,9H,3-4,8H2,1-2H3,(H,13,16)/t9-/m0/s1. The van der Waals surface area contributed by atoms with E-state index in [2.05, 4.69) is 5.32 Å². The predicted octanol–water partition coefficient (Wildman–Crippen LogP) is 1.06. The van der Waals surface area contributed by atoms with E-state index in [1.54, 1.807) is 0 Å². The fourth-order valence-corrected chi connectivity index (χ4v) is 1.73. The molecular weight excluding hydrogens is 250 g/mol. The topological polar surface area (TPSA) is 94.2 Å². The molecule has 0 spiro atoms. The lowest BCUT2D eigenvalue weighted by Crippen LogP contribution is -2.37. The highest BCUT2D eigenvalue weighted by molar-refractivity contribution is 5.76. The fourth-order valence-electron chi connectivity index (χ4n) is 1.73. The zero-order valence-corrected chi connectivity index (χ0v) is 11.0. The van der Waals surface area contributed by atoms with Crippen LogP contribution in [0.25, 0.3) is 0 Å². The van der Waals surface area contributed by atoms with Crippen LogP contribution in [0.4, 0.5) is 5.69 Å². The molecule has 1 amide bonds. The smallest absolute Gasteiger partial charge is 0.285 e. The summed E-state index contributed by atoms with van der Waals surface area (Å²) in [6, 6.07) is 2.23. The van der Waals surface area contributed by atoms with Crippen molar-refractivity contribution in [2.75, 3.05) is 0 Å². The Balaban J connectivity index is 2.76. The van der Waals surface area contributed by atoms with Gasteiger partial charge in [0.15, 0.2) is 0 Å². The van der Waals surface area contributed by atoms with Gasteiger partial charge in [-0.05, 0) is 13.3 Å². The van der Waals surface area contributed by atoms with Gasteiger partial charge in [-0.15, -0.1) is 0 Å². The summed E-state index contributed by atoms with van der Waals surface area (Å²) in [6.07, 6.45) is 2.86. The van der Waals surface area contributed by atoms with Gasteiger partial charge < -0.3 is 5.32 Å². The molecular formula is C12H17N3O4. The number of hydrogen-bond acceptors (Lipinski definition) is 4. The second-order valence-corrected chi connectivity index (χ2v) is 4.37. The van der Waals surface area contributed by atoms with Crippen molar-refractivity contribution >= 4 is 11.6 Å². The molecule has 0 aromatic carbocycles. The highest BCUT2D eigenvalue weighted by Gasteiger charge is 2.11. The zero-order valence-electron chi connectivity index (χ0n) is 11.0. The van der Waals surface area contributed by atoms with Crippen molar-refractivity contribution in [2.45, 2.75) is 39.3 Å². The van der Waals surface area contributed by atoms with Gasteiger partial charge in [0.1, 0.15) is 6.54 Å². The third-order valence-electron chi connectivity index (χ3n) is 2.62. The van der Waals surface area contributed by atoms with Gasteiger partial charge in [-0.25, -0.2) is 0 Å². The molecule has 0 aliphatic carbocycles. The number of nitrogens with zero attached hydrogens (tertiary/aromatic N) is 2. The fraction of sp³-hybridized carbons (Fsp3) is 0.500. The van der Waals surface area contributed by atoms with E-state index in [0.717, 1.165) is 35.7 Å². The van der Waals surface area contributed by atoms with Crippen LogP contribution >= 0.6 is 0 Å². The van der Waals surface area contributed by atoms with E-state index in [-0.39, 0.29) is 24.2 Å². The molecule has 1 atom stereocenters. The number of nitrogens with one attached hydrogen (secondary N) is 1. The Morgan fingerprint density at radius 3 is 2.79 bits per heavy atom. The molecule has 0 bridgehead atoms. The van der Waals surface area contributed by atoms with Gasteiger partial charge in [0.25, 0.3) is 11.2 Å². The van der Waals surface area contributed by atoms with Crippen LogP contribution in [0.5, 0.6) is 0 Å². The van der Waals surface area contributed by atoms with Crippen molar-refractivity contribution in [2.24, 2.45) is 0 Å². The van der Waals surface area contributed by atoms with Crippen LogP contribution in [0.2, 0.25) is 0 Å². The number of carbonyl (C=O) groups is 1. The summed E-state index contributed by atoms with van der Waals surface area (Å²) in [6.45, 7) is 3.67. The number of pyridine rings is 1. The Morgan fingerprint density at radius 2 is 2.21 bits per heavy atom. The van der Waals surface area contributed by atoms with Gasteiger partial charge in [-0.2, -0.15) is 0 Å². The van der Waals surface area contributed by atoms with E-state index in [0.29, 0.717) is 0 Å². The molecule has 1 heterocycles. The first-order chi connectivity index (χ1) is 8.93. The minimum absolute atomic E-state index is 0.0203. The Morgan fingerprint density at radius 1 is 1.53 bits per heavy atom. The number of nitro groups is 1. The van der Waals surface area contributed by atoms with Crippen LogP contribution in [0.3, 0.4) is 0 Å². The van der Waals surface area contributed by atoms with Gasteiger partial charge in [0.2, 0.25) is 5.91 Å². The second kappa shape index (κ2) is 6.67. The number of aromatic nitrogens is 1. The monoisotopic (exact) mass is 267 g/mol. The summed E-state index contributed by atoms with van der Waals surface area (Å²) in [5, 5.41) is 13.3. The van der Waals surface area contributed by atoms with E-state index in [1.165, 1.54) is 0 Å². The summed E-state index contributed by atoms with van der Waals surface area (Å²) < 4.78 is 1.03. The Labute approximate surface area is 110 Å². The van der Waals surface area contributed by atoms with E-state index >= 15 is 0 Å². The molecule has 7 heteroatoms. The first-order valence-corrected chi connectivity index (χ1v) is 6.08. The lowest BCUT2D eigenvalue weighted by atomic mass is 10.2. The maximum atomic E-state index is 11.7. The average molecular weight is 267 g/mol. The molecule has 0 fully saturated rings. The third kappa shape index (κ3) is 4.53. The number of amides is 1. The molecule has 0 aliphatic heterocycles. The molecule has 0 unspecified atom stereocenters. The highest BCUT2D eigenvalue weighted by atomic mass is 16.6. The van der Waals surface area contributed by atoms with Gasteiger partial charge in [0.05, 0.1) is 11.1 Å². The van der Waals surface area contributed by atoms with Crippen molar-refractivity contribution in [1.82, 2.24) is 9.88 Å². The molecule has 0 saturated heterocycles. The molecule has 0 radical (unpaired) electrons. The van der Waals surface area contributed by atoms with E-state index in [9.17, 15) is 19.7 Å². The molecule has 0 saturated carbocycles. The van der Waals surface area contributed by atoms with Crippen LogP contribution in [-0.2, 0) is 11.3 Å². The van der Waals surface area contributed by atoms with Crippen LogP contribution < -0.4 is 10.9 Å². The Kier molecular flexibility index (Phi) is 5.23. The van der Waals surface area contributed by atoms with Crippen molar-refractivity contribution in [3.05, 3.63) is 38.8 Å². The van der Waals surface area contributed by atoms with Crippen LogP contribution in [0.1, 0.15) is 26.7 Å². The minimum Gasteiger partial charge on any atom is -0.352 e. The Bertz CT molecular complexity index is 524. The van der Waals surface area contributed by atoms with Crippen molar-refractivity contribution in [3.8, 4) is 0 Å². The first-order valence-electron chi connectivity index (χ1n) is 6.08. The predicted molar refractivity (Wildman–Crippen MR) is 69.9 cm³/mol. The summed E-state index contributed by atoms with van der Waals surface area (Å²) in [5.74, 6) is -0.330. The second-order valence-electron chi connectivity index (χ2n) is 4.37. The van der Waals surface area contributed by atoms with Crippen LogP contribution in [0, 0.1) is 10.1 Å². The first kappa shape index (κ1) is 14.9. The number of carbonyl (C=O) groups excluding carboxylic acids is 1. The minimum atomic E-state index is -0.604. The maximum Gasteiger partial charge on any atom is 0.285 e. The SMILES string of the molecule is CCC[C@H](C)NC(=O)Cn1cc([N+](=O)[O-])ccc1=O. The highest BCUT2D eigenvalue weighted by Crippen LogP contribution is 2.06. The Hall–Kier alpha value is -2.18. The van der Waals surface area contributed by atoms with E-state index in [4.69, 9.17) is 0 Å². The zero-order chi connectivity index (χ0) is 14.4. The van der Waals surface area contributed by atoms with Crippen molar-refractivity contribution in [1.29, 1.82) is 0 Å². The normalized spacial score (nSPS) is 11.9. The molecule has 104 valence electrons. The summed E-state index contributed by atoms with van der Waals surface area (Å²) >= 11 is 0. The van der Waals surface area contributed by atoms with E-state index in [1.807, 2.05) is 13.8 Å². The molecule has 19 heavy (non-hydrogen) atoms. The maximum absolute atomic E-state index is 11.7. The summed E-state index contributed by atoms with van der Waals surface area (Å²) in [4.78, 5) is 33.2. The molecule has 1 aromatic rings. The summed E-state index contributed by atoms with van der Waals surface area (Å²) in [5.41, 5.74) is -0.655. The largest absolute Gasteiger partial charge is 0.352 e. The van der Waals surface area contributed by atoms with E-state index < -0.39 is 10.5 Å². The molecule has 7 nitrogen and oxygen atoms in total. The lowest BCUT2D eigenvalue weighted by Gasteiger charge is -2.13. The average Bonchev–Trinajstić information content (AvgIpc) is 2.31. The van der Waals surface area contributed by atoms with Crippen LogP contribution in [-0.4, -0.2) is 21.4 Å². The number of rotatable bonds is 6. The van der Waals surface area contributed by atoms with Crippen molar-refractivity contribution in [3.63, 3.8) is 0 Å². The molecule has 1 rings (SSSR count). The molecule has 1 N–H and O–H groups in total. The van der Waals surface area contributed by atoms with Crippen molar-refractivity contribution < 1.29 is 9.72 Å². The third-order valence-corrected chi connectivity index (χ3v) is 2.62. The molecule has 1 aromatic heterocycles. The molecule has 0 aliphatic rings. The quantitative estimate of drug-likeness (QED) is 0.616. The van der Waals surface area contributed by atoms with Crippen LogP contribution in [0.15, 0.2) is 23.1 Å². The summed E-state index contributed by atoms with van der Waals surface area (Å²) in [7, 11) is 0. The van der Waals surface area contributed by atoms with Gasteiger partial charge in [-0.1, -0.05) is 13.3 Å². The van der Waals surface area contributed by atoms with Gasteiger partial charge in [-0.3, -0.25) is 24.3 Å². The number of hydrogen-bond donors (Lipinski definition) is 1. The van der Waals surface area contributed by atoms with Gasteiger partial charge >= 0.3 is 0 Å². The van der Waals surface area contributed by atoms with Gasteiger partial charge in [0, 0.05) is 18.2 Å². The lowest BCUT2D eigenvalue weighted by molar-refractivity contribution is -0.385.